The van der Waals surface area contributed by atoms with E-state index in [-0.39, 0.29) is 5.82 Å². The molecule has 4 heteroatoms. The van der Waals surface area contributed by atoms with Crippen LogP contribution in [0.5, 0.6) is 0 Å². The third-order valence-electron chi connectivity index (χ3n) is 2.25. The van der Waals surface area contributed by atoms with E-state index in [2.05, 4.69) is 5.32 Å². The lowest BCUT2D eigenvalue weighted by molar-refractivity contribution is 0.631. The van der Waals surface area contributed by atoms with Crippen molar-refractivity contribution in [3.05, 3.63) is 45.4 Å². The predicted octanol–water partition coefficient (Wildman–Crippen LogP) is 3.93. The molecule has 1 aromatic carbocycles. The van der Waals surface area contributed by atoms with Gasteiger partial charge >= 0.3 is 0 Å². The van der Waals surface area contributed by atoms with Gasteiger partial charge in [-0.1, -0.05) is 11.6 Å². The molecule has 0 radical (unpaired) electrons. The van der Waals surface area contributed by atoms with E-state index in [1.54, 1.807) is 23.5 Å². The first-order valence-electron chi connectivity index (χ1n) is 4.88. The van der Waals surface area contributed by atoms with Gasteiger partial charge in [-0.3, -0.25) is 0 Å². The van der Waals surface area contributed by atoms with Gasteiger partial charge in [0.2, 0.25) is 0 Å². The molecule has 0 amide bonds. The van der Waals surface area contributed by atoms with Crippen LogP contribution in [-0.2, 0) is 6.54 Å². The number of halogens is 2. The molecule has 1 heterocycles. The molecule has 0 fully saturated rings. The smallest absolute Gasteiger partial charge is 0.132 e. The molecule has 84 valence electrons. The van der Waals surface area contributed by atoms with E-state index < -0.39 is 0 Å². The minimum Gasteiger partial charge on any atom is -0.315 e. The fourth-order valence-corrected chi connectivity index (χ4v) is 2.57. The van der Waals surface area contributed by atoms with Gasteiger partial charge in [0.25, 0.3) is 0 Å². The number of benzene rings is 1. The van der Waals surface area contributed by atoms with Gasteiger partial charge in [-0.15, -0.1) is 11.3 Å². The van der Waals surface area contributed by atoms with Gasteiger partial charge in [-0.25, -0.2) is 4.39 Å². The monoisotopic (exact) mass is 255 g/mol. The molecule has 0 bridgehead atoms. The first kappa shape index (κ1) is 11.6. The second kappa shape index (κ2) is 4.95. The van der Waals surface area contributed by atoms with Crippen LogP contribution < -0.4 is 5.32 Å². The summed E-state index contributed by atoms with van der Waals surface area (Å²) in [5.74, 6) is -0.277. The number of hydrogen-bond acceptors (Lipinski definition) is 2. The highest BCUT2D eigenvalue weighted by Crippen LogP contribution is 2.29. The van der Waals surface area contributed by atoms with Crippen molar-refractivity contribution in [1.82, 2.24) is 5.32 Å². The molecular weight excluding hydrogens is 245 g/mol. The van der Waals surface area contributed by atoms with E-state index in [1.165, 1.54) is 10.9 Å². The SMILES string of the molecule is CNCc1cc(-c2ccc(Cl)cc2F)cs1. The molecule has 0 unspecified atom stereocenters. The highest BCUT2D eigenvalue weighted by atomic mass is 35.5. The van der Waals surface area contributed by atoms with Gasteiger partial charge in [-0.2, -0.15) is 0 Å². The van der Waals surface area contributed by atoms with Crippen LogP contribution in [0.2, 0.25) is 5.02 Å². The lowest BCUT2D eigenvalue weighted by Crippen LogP contribution is -2.02. The van der Waals surface area contributed by atoms with E-state index in [0.717, 1.165) is 12.1 Å². The molecule has 1 aromatic heterocycles. The van der Waals surface area contributed by atoms with Crippen molar-refractivity contribution in [2.45, 2.75) is 6.54 Å². The molecule has 2 rings (SSSR count). The molecule has 16 heavy (non-hydrogen) atoms. The molecule has 0 saturated carbocycles. The fraction of sp³-hybridized carbons (Fsp3) is 0.167. The quantitative estimate of drug-likeness (QED) is 0.876. The summed E-state index contributed by atoms with van der Waals surface area (Å²) in [5, 5.41) is 5.45. The van der Waals surface area contributed by atoms with Crippen molar-refractivity contribution in [2.75, 3.05) is 7.05 Å². The summed E-state index contributed by atoms with van der Waals surface area (Å²) >= 11 is 7.33. The summed E-state index contributed by atoms with van der Waals surface area (Å²) in [6, 6.07) is 6.75. The van der Waals surface area contributed by atoms with Crippen LogP contribution in [0.4, 0.5) is 4.39 Å². The normalized spacial score (nSPS) is 10.7. The Kier molecular flexibility index (Phi) is 3.59. The number of rotatable bonds is 3. The summed E-state index contributed by atoms with van der Waals surface area (Å²) in [6.45, 7) is 0.805. The highest BCUT2D eigenvalue weighted by molar-refractivity contribution is 7.10. The second-order valence-corrected chi connectivity index (χ2v) is 4.89. The summed E-state index contributed by atoms with van der Waals surface area (Å²) in [7, 11) is 1.89. The van der Waals surface area contributed by atoms with Crippen LogP contribution >= 0.6 is 22.9 Å². The van der Waals surface area contributed by atoms with Gasteiger partial charge in [0.15, 0.2) is 0 Å². The van der Waals surface area contributed by atoms with E-state index in [0.29, 0.717) is 10.6 Å². The van der Waals surface area contributed by atoms with Crippen LogP contribution in [0, 0.1) is 5.82 Å². The Morgan fingerprint density at radius 3 is 2.88 bits per heavy atom. The van der Waals surface area contributed by atoms with Crippen LogP contribution in [0.1, 0.15) is 4.88 Å². The van der Waals surface area contributed by atoms with Gasteiger partial charge in [-0.05, 0) is 42.3 Å². The average Bonchev–Trinajstić information content (AvgIpc) is 2.67. The summed E-state index contributed by atoms with van der Waals surface area (Å²) < 4.78 is 13.6. The zero-order valence-electron chi connectivity index (χ0n) is 8.76. The maximum Gasteiger partial charge on any atom is 0.132 e. The lowest BCUT2D eigenvalue weighted by atomic mass is 10.1. The van der Waals surface area contributed by atoms with Crippen molar-refractivity contribution in [1.29, 1.82) is 0 Å². The maximum absolute atomic E-state index is 13.6. The molecule has 0 saturated heterocycles. The first-order valence-corrected chi connectivity index (χ1v) is 6.14. The van der Waals surface area contributed by atoms with Gasteiger partial charge in [0.05, 0.1) is 0 Å². The molecule has 0 aliphatic rings. The predicted molar refractivity (Wildman–Crippen MR) is 67.5 cm³/mol. The van der Waals surface area contributed by atoms with E-state index in [1.807, 2.05) is 18.5 Å². The standard InChI is InChI=1S/C12H11ClFNS/c1-15-6-10-4-8(7-16-10)11-3-2-9(13)5-12(11)14/h2-5,7,15H,6H2,1H3. The van der Waals surface area contributed by atoms with Crippen LogP contribution in [0.25, 0.3) is 11.1 Å². The van der Waals surface area contributed by atoms with Gasteiger partial charge in [0, 0.05) is 22.0 Å². The molecular formula is C12H11ClFNS. The first-order chi connectivity index (χ1) is 7.70. The third kappa shape index (κ3) is 2.43. The lowest BCUT2D eigenvalue weighted by Gasteiger charge is -2.00. The molecule has 1 nitrogen and oxygen atoms in total. The Balaban J connectivity index is 2.35. The van der Waals surface area contributed by atoms with E-state index >= 15 is 0 Å². The Bertz CT molecular complexity index is 496. The fourth-order valence-electron chi connectivity index (χ4n) is 1.51. The number of thiophene rings is 1. The van der Waals surface area contributed by atoms with Crippen LogP contribution in [0.3, 0.4) is 0 Å². The molecule has 0 aliphatic heterocycles. The van der Waals surface area contributed by atoms with E-state index in [4.69, 9.17) is 11.6 Å². The van der Waals surface area contributed by atoms with Gasteiger partial charge < -0.3 is 5.32 Å². The van der Waals surface area contributed by atoms with Gasteiger partial charge in [0.1, 0.15) is 5.82 Å². The third-order valence-corrected chi connectivity index (χ3v) is 3.42. The highest BCUT2D eigenvalue weighted by Gasteiger charge is 2.07. The molecule has 0 atom stereocenters. The van der Waals surface area contributed by atoms with Crippen molar-refractivity contribution < 1.29 is 4.39 Å². The minimum atomic E-state index is -0.277. The molecule has 0 spiro atoms. The van der Waals surface area contributed by atoms with E-state index in [9.17, 15) is 4.39 Å². The zero-order valence-corrected chi connectivity index (χ0v) is 10.3. The minimum absolute atomic E-state index is 0.277. The second-order valence-electron chi connectivity index (χ2n) is 3.46. The van der Waals surface area contributed by atoms with Crippen LogP contribution in [-0.4, -0.2) is 7.05 Å². The van der Waals surface area contributed by atoms with Crippen molar-refractivity contribution in [3.63, 3.8) is 0 Å². The summed E-state index contributed by atoms with van der Waals surface area (Å²) in [5.41, 5.74) is 1.51. The zero-order chi connectivity index (χ0) is 11.5. The molecule has 1 N–H and O–H groups in total. The van der Waals surface area contributed by atoms with Crippen LogP contribution in [0.15, 0.2) is 29.6 Å². The summed E-state index contributed by atoms with van der Waals surface area (Å²) in [4.78, 5) is 1.19. The largest absolute Gasteiger partial charge is 0.315 e. The van der Waals surface area contributed by atoms with Crippen molar-refractivity contribution >= 4 is 22.9 Å². The number of nitrogens with one attached hydrogen (secondary N) is 1. The Hall–Kier alpha value is -0.900. The molecule has 0 aliphatic carbocycles. The van der Waals surface area contributed by atoms with Crippen molar-refractivity contribution in [2.24, 2.45) is 0 Å². The average molecular weight is 256 g/mol. The Morgan fingerprint density at radius 2 is 2.19 bits per heavy atom. The Morgan fingerprint density at radius 1 is 1.38 bits per heavy atom. The summed E-state index contributed by atoms with van der Waals surface area (Å²) in [6.07, 6.45) is 0. The Labute approximate surface area is 103 Å². The number of hydrogen-bond donors (Lipinski definition) is 1. The maximum atomic E-state index is 13.6. The topological polar surface area (TPSA) is 12.0 Å². The van der Waals surface area contributed by atoms with Crippen molar-refractivity contribution in [3.8, 4) is 11.1 Å². The molecule has 2 aromatic rings.